The van der Waals surface area contributed by atoms with Gasteiger partial charge in [0, 0.05) is 43.3 Å². The third kappa shape index (κ3) is 5.81. The van der Waals surface area contributed by atoms with E-state index in [0.29, 0.717) is 12.8 Å². The molecule has 0 bridgehead atoms. The lowest BCUT2D eigenvalue weighted by molar-refractivity contribution is 0.0372. The number of morpholine rings is 1. The van der Waals surface area contributed by atoms with Crippen LogP contribution in [0.3, 0.4) is 0 Å². The van der Waals surface area contributed by atoms with Crippen LogP contribution in [0, 0.1) is 23.7 Å². The topological polar surface area (TPSA) is 62.2 Å². The maximum atomic E-state index is 10.7. The molecule has 2 fully saturated rings. The summed E-state index contributed by atoms with van der Waals surface area (Å²) < 4.78 is 11.9. The van der Waals surface area contributed by atoms with Gasteiger partial charge in [0.2, 0.25) is 0 Å². The molecule has 0 radical (unpaired) electrons. The standard InChI is InChI=1S/C28H39NO4/c1-3-4-8-20(2)24(30)13-12-22-25(31)19-26-27(22)23-11-7-10-21(28(23)33-26)9-5-6-14-29-15-17-32-18-16-29/h7,10-13,20,22,24-27,30-31H,5-6,8-9,14-19H2,1-2H3/b13-12+/t20?,22-,24+,25+,26?,27-/m0/s1. The Hall–Kier alpha value is -1.84. The van der Waals surface area contributed by atoms with Crippen LogP contribution in [-0.2, 0) is 11.2 Å². The van der Waals surface area contributed by atoms with Crippen molar-refractivity contribution in [1.29, 1.82) is 0 Å². The Balaban J connectivity index is 1.38. The van der Waals surface area contributed by atoms with Gasteiger partial charge in [-0.15, -0.1) is 11.8 Å². The van der Waals surface area contributed by atoms with Crippen LogP contribution in [0.15, 0.2) is 30.4 Å². The van der Waals surface area contributed by atoms with Gasteiger partial charge < -0.3 is 19.7 Å². The molecule has 33 heavy (non-hydrogen) atoms. The summed E-state index contributed by atoms with van der Waals surface area (Å²) in [7, 11) is 0. The number of rotatable bonds is 9. The number of fused-ring (bicyclic) bond motifs is 3. The summed E-state index contributed by atoms with van der Waals surface area (Å²) in [4.78, 5) is 2.49. The van der Waals surface area contributed by atoms with Gasteiger partial charge in [-0.05, 0) is 44.2 Å². The minimum Gasteiger partial charge on any atom is -0.489 e. The van der Waals surface area contributed by atoms with Crippen molar-refractivity contribution in [2.75, 3.05) is 32.8 Å². The Labute approximate surface area is 198 Å². The van der Waals surface area contributed by atoms with E-state index >= 15 is 0 Å². The number of nitrogens with zero attached hydrogens (tertiary/aromatic N) is 1. The van der Waals surface area contributed by atoms with Crippen LogP contribution in [0.25, 0.3) is 0 Å². The molecule has 2 heterocycles. The minimum absolute atomic E-state index is 0.0136. The van der Waals surface area contributed by atoms with Crippen molar-refractivity contribution < 1.29 is 19.7 Å². The van der Waals surface area contributed by atoms with Crippen molar-refractivity contribution in [3.8, 4) is 17.6 Å². The normalized spacial score (nSPS) is 28.6. The number of hydrogen-bond donors (Lipinski definition) is 2. The summed E-state index contributed by atoms with van der Waals surface area (Å²) in [5.74, 6) is 7.15. The van der Waals surface area contributed by atoms with E-state index in [-0.39, 0.29) is 23.9 Å². The average Bonchev–Trinajstić information content (AvgIpc) is 3.34. The molecule has 0 spiro atoms. The van der Waals surface area contributed by atoms with Crippen molar-refractivity contribution in [2.24, 2.45) is 11.8 Å². The summed E-state index contributed by atoms with van der Waals surface area (Å²) in [5.41, 5.74) is 2.50. The number of para-hydroxylation sites is 1. The second kappa shape index (κ2) is 11.5. The Morgan fingerprint density at radius 1 is 1.24 bits per heavy atom. The Kier molecular flexibility index (Phi) is 8.49. The molecule has 1 saturated heterocycles. The van der Waals surface area contributed by atoms with E-state index in [1.54, 1.807) is 0 Å². The van der Waals surface area contributed by atoms with Gasteiger partial charge in [0.15, 0.2) is 0 Å². The molecule has 2 unspecified atom stereocenters. The molecule has 1 aromatic rings. The molecule has 3 aliphatic rings. The van der Waals surface area contributed by atoms with E-state index in [4.69, 9.17) is 9.47 Å². The summed E-state index contributed by atoms with van der Waals surface area (Å²) in [6.45, 7) is 8.76. The molecule has 2 N–H and O–H groups in total. The van der Waals surface area contributed by atoms with E-state index < -0.39 is 12.2 Å². The molecular formula is C28H39NO4. The molecule has 0 amide bonds. The number of benzene rings is 1. The third-order valence-corrected chi connectivity index (χ3v) is 7.48. The molecule has 4 rings (SSSR count). The molecule has 6 atom stereocenters. The first-order valence-corrected chi connectivity index (χ1v) is 12.6. The molecule has 1 aromatic carbocycles. The van der Waals surface area contributed by atoms with Gasteiger partial charge in [0.25, 0.3) is 0 Å². The van der Waals surface area contributed by atoms with Crippen LogP contribution in [0.1, 0.15) is 56.6 Å². The van der Waals surface area contributed by atoms with Gasteiger partial charge in [0.1, 0.15) is 11.9 Å². The number of hydrogen-bond acceptors (Lipinski definition) is 5. The molecule has 5 heteroatoms. The quantitative estimate of drug-likeness (QED) is 0.340. The number of ether oxygens (including phenoxy) is 2. The molecule has 5 nitrogen and oxygen atoms in total. The van der Waals surface area contributed by atoms with Crippen molar-refractivity contribution in [3.63, 3.8) is 0 Å². The minimum atomic E-state index is -0.559. The number of unbranched alkanes of at least 4 members (excludes halogenated alkanes) is 1. The van der Waals surface area contributed by atoms with E-state index in [1.165, 1.54) is 17.5 Å². The van der Waals surface area contributed by atoms with Crippen LogP contribution in [0.4, 0.5) is 0 Å². The highest BCUT2D eigenvalue weighted by Gasteiger charge is 2.48. The fraction of sp³-hybridized carbons (Fsp3) is 0.643. The molecule has 2 aliphatic heterocycles. The first-order chi connectivity index (χ1) is 16.1. The van der Waals surface area contributed by atoms with E-state index in [9.17, 15) is 10.2 Å². The highest BCUT2D eigenvalue weighted by Crippen LogP contribution is 2.52. The average molecular weight is 454 g/mol. The monoisotopic (exact) mass is 453 g/mol. The summed E-state index contributed by atoms with van der Waals surface area (Å²) in [6, 6.07) is 6.48. The summed E-state index contributed by atoms with van der Waals surface area (Å²) in [5, 5.41) is 21.2. The zero-order valence-corrected chi connectivity index (χ0v) is 20.1. The van der Waals surface area contributed by atoms with Crippen molar-refractivity contribution in [1.82, 2.24) is 4.90 Å². The maximum absolute atomic E-state index is 10.7. The van der Waals surface area contributed by atoms with Crippen LogP contribution >= 0.6 is 0 Å². The highest BCUT2D eigenvalue weighted by atomic mass is 16.5. The van der Waals surface area contributed by atoms with Crippen molar-refractivity contribution >= 4 is 0 Å². The zero-order chi connectivity index (χ0) is 23.2. The lowest BCUT2D eigenvalue weighted by atomic mass is 9.86. The van der Waals surface area contributed by atoms with Gasteiger partial charge in [-0.2, -0.15) is 0 Å². The van der Waals surface area contributed by atoms with E-state index in [1.807, 2.05) is 26.0 Å². The van der Waals surface area contributed by atoms with E-state index in [0.717, 1.165) is 51.4 Å². The molecule has 1 aliphatic carbocycles. The van der Waals surface area contributed by atoms with Gasteiger partial charge in [0.05, 0.1) is 25.4 Å². The van der Waals surface area contributed by atoms with Crippen LogP contribution in [0.5, 0.6) is 5.75 Å². The Morgan fingerprint density at radius 2 is 2.06 bits per heavy atom. The smallest absolute Gasteiger partial charge is 0.126 e. The summed E-state index contributed by atoms with van der Waals surface area (Å²) in [6.07, 6.45) is 7.53. The zero-order valence-electron chi connectivity index (χ0n) is 20.1. The molecule has 180 valence electrons. The first kappa shape index (κ1) is 24.3. The molecular weight excluding hydrogens is 414 g/mol. The Morgan fingerprint density at radius 3 is 2.85 bits per heavy atom. The largest absolute Gasteiger partial charge is 0.489 e. The van der Waals surface area contributed by atoms with E-state index in [2.05, 4.69) is 34.9 Å². The fourth-order valence-corrected chi connectivity index (χ4v) is 5.46. The predicted molar refractivity (Wildman–Crippen MR) is 130 cm³/mol. The van der Waals surface area contributed by atoms with Crippen LogP contribution < -0.4 is 4.74 Å². The third-order valence-electron chi connectivity index (χ3n) is 7.48. The molecule has 1 saturated carbocycles. The van der Waals surface area contributed by atoms with Gasteiger partial charge in [-0.1, -0.05) is 37.3 Å². The van der Waals surface area contributed by atoms with Gasteiger partial charge in [-0.25, -0.2) is 0 Å². The number of aliphatic hydroxyl groups excluding tert-OH is 2. The lowest BCUT2D eigenvalue weighted by Crippen LogP contribution is -2.36. The first-order valence-electron chi connectivity index (χ1n) is 12.6. The van der Waals surface area contributed by atoms with Crippen molar-refractivity contribution in [3.05, 3.63) is 41.5 Å². The molecule has 0 aromatic heterocycles. The van der Waals surface area contributed by atoms with Gasteiger partial charge in [-0.3, -0.25) is 4.90 Å². The number of aliphatic hydroxyl groups is 2. The van der Waals surface area contributed by atoms with Gasteiger partial charge >= 0.3 is 0 Å². The summed E-state index contributed by atoms with van der Waals surface area (Å²) >= 11 is 0. The fourth-order valence-electron chi connectivity index (χ4n) is 5.46. The van der Waals surface area contributed by atoms with Crippen LogP contribution in [-0.4, -0.2) is 66.3 Å². The SMILES string of the molecule is CC#CCC(C)[C@H](O)/C=C/[C@H]1[C@H](O)CC2Oc3c(CCCCN4CCOCC4)cccc3[C@@H]21. The Bertz CT molecular complexity index is 866. The lowest BCUT2D eigenvalue weighted by Gasteiger charge is -2.26. The number of aryl methyl sites for hydroxylation is 1. The second-order valence-electron chi connectivity index (χ2n) is 9.79. The predicted octanol–water partition coefficient (Wildman–Crippen LogP) is 3.53. The highest BCUT2D eigenvalue weighted by molar-refractivity contribution is 5.49. The van der Waals surface area contributed by atoms with Crippen LogP contribution in [0.2, 0.25) is 0 Å². The maximum Gasteiger partial charge on any atom is 0.126 e. The second-order valence-corrected chi connectivity index (χ2v) is 9.79. The van der Waals surface area contributed by atoms with Crippen molar-refractivity contribution in [2.45, 2.75) is 70.2 Å².